The zero-order valence-corrected chi connectivity index (χ0v) is 20.3. The van der Waals surface area contributed by atoms with Gasteiger partial charge >= 0.3 is 29.6 Å². The van der Waals surface area contributed by atoms with Gasteiger partial charge in [0.2, 0.25) is 5.91 Å². The number of nitro benzene ring substituents is 1. The molecule has 0 saturated carbocycles. The molecule has 1 fully saturated rings. The van der Waals surface area contributed by atoms with Crippen LogP contribution in [-0.4, -0.2) is 33.4 Å². The Morgan fingerprint density at radius 1 is 1.31 bits per heavy atom. The molecule has 0 aliphatic carbocycles. The number of hydrogen-bond donors (Lipinski definition) is 1. The number of nitrogens with zero attached hydrogens (tertiary/aromatic N) is 3. The first kappa shape index (κ1) is 25.8. The monoisotopic (exact) mass is 484 g/mol. The Labute approximate surface area is 213 Å². The van der Waals surface area contributed by atoms with Gasteiger partial charge in [0.05, 0.1) is 16.4 Å². The summed E-state index contributed by atoms with van der Waals surface area (Å²) in [4.78, 5) is 32.9. The molecule has 0 aromatic heterocycles. The molecule has 1 unspecified atom stereocenters. The van der Waals surface area contributed by atoms with Crippen molar-refractivity contribution in [3.8, 4) is 5.75 Å². The second-order valence-corrected chi connectivity index (χ2v) is 7.78. The minimum atomic E-state index is -1.35. The van der Waals surface area contributed by atoms with Crippen molar-refractivity contribution in [3.63, 3.8) is 0 Å². The third-order valence-corrected chi connectivity index (χ3v) is 5.46. The van der Waals surface area contributed by atoms with E-state index in [0.717, 1.165) is 17.3 Å². The smallest absolute Gasteiger partial charge is 0.550 e. The van der Waals surface area contributed by atoms with Crippen LogP contribution >= 0.6 is 23.4 Å². The Hall–Kier alpha value is -2.44. The number of non-ortho nitro benzene ring substituents is 1. The molecular formula is C19H14ClN4NaO6S. The average molecular weight is 485 g/mol. The molecule has 0 spiro atoms. The van der Waals surface area contributed by atoms with Crippen LogP contribution < -0.4 is 44.7 Å². The fourth-order valence-electron chi connectivity index (χ4n) is 2.53. The molecule has 0 bridgehead atoms. The molecule has 1 N–H and O–H groups in total. The number of amides is 1. The Bertz CT molecular complexity index is 1100. The summed E-state index contributed by atoms with van der Waals surface area (Å²) in [6.45, 7) is 0.129. The summed E-state index contributed by atoms with van der Waals surface area (Å²) >= 11 is 7.02. The molecule has 2 aromatic rings. The number of benzene rings is 2. The van der Waals surface area contributed by atoms with Crippen molar-refractivity contribution in [3.05, 3.63) is 68.7 Å². The molecule has 1 atom stereocenters. The second kappa shape index (κ2) is 12.0. The van der Waals surface area contributed by atoms with Crippen molar-refractivity contribution in [1.82, 2.24) is 5.32 Å². The van der Waals surface area contributed by atoms with Crippen LogP contribution in [0, 0.1) is 10.1 Å². The third kappa shape index (κ3) is 7.04. The minimum absolute atomic E-state index is 0. The maximum absolute atomic E-state index is 11.7. The maximum atomic E-state index is 11.7. The van der Waals surface area contributed by atoms with Crippen molar-refractivity contribution < 1.29 is 53.9 Å². The number of nitrogens with one attached hydrogen (secondary N) is 1. The number of carboxylic acid groups (broad SMARTS) is 1. The molecule has 1 saturated heterocycles. The van der Waals surface area contributed by atoms with Gasteiger partial charge < -0.3 is 20.0 Å². The Kier molecular flexibility index (Phi) is 9.66. The molecule has 160 valence electrons. The number of carbonyl (C=O) groups excluding carboxylic acids is 2. The zero-order chi connectivity index (χ0) is 22.4. The third-order valence-electron chi connectivity index (χ3n) is 4.02. The van der Waals surface area contributed by atoms with Crippen LogP contribution in [0.4, 0.5) is 5.69 Å². The molecular weight excluding hydrogens is 471 g/mol. The predicted molar refractivity (Wildman–Crippen MR) is 113 cm³/mol. The number of thioether (sulfide) groups is 1. The van der Waals surface area contributed by atoms with Gasteiger partial charge in [0.25, 0.3) is 5.69 Å². The van der Waals surface area contributed by atoms with E-state index < -0.39 is 28.5 Å². The topological polar surface area (TPSA) is 146 Å². The molecule has 3 rings (SSSR count). The van der Waals surface area contributed by atoms with Crippen molar-refractivity contribution in [2.75, 3.05) is 0 Å². The largest absolute Gasteiger partial charge is 1.00 e. The number of carbonyl (C=O) groups is 2. The number of rotatable bonds is 8. The van der Waals surface area contributed by atoms with E-state index in [1.54, 1.807) is 24.3 Å². The summed E-state index contributed by atoms with van der Waals surface area (Å²) in [6.07, 6.45) is 0.783. The van der Waals surface area contributed by atoms with E-state index in [-0.39, 0.29) is 52.6 Å². The second-order valence-electron chi connectivity index (χ2n) is 6.18. The number of aliphatic carboxylic acids is 1. The molecule has 2 aromatic carbocycles. The fraction of sp³-hybridized carbons (Fsp3) is 0.158. The number of carboxylic acids is 1. The Balaban J connectivity index is 0.00000363. The van der Waals surface area contributed by atoms with Crippen molar-refractivity contribution in [2.45, 2.75) is 18.3 Å². The van der Waals surface area contributed by atoms with E-state index in [9.17, 15) is 24.8 Å². The quantitative estimate of drug-likeness (QED) is 0.216. The van der Waals surface area contributed by atoms with E-state index >= 15 is 0 Å². The summed E-state index contributed by atoms with van der Waals surface area (Å²) in [7, 11) is 0. The molecule has 32 heavy (non-hydrogen) atoms. The average Bonchev–Trinajstić information content (AvgIpc) is 3.06. The van der Waals surface area contributed by atoms with E-state index in [1.807, 2.05) is 0 Å². The van der Waals surface area contributed by atoms with Gasteiger partial charge in [0.1, 0.15) is 12.4 Å². The van der Waals surface area contributed by atoms with Crippen LogP contribution in [0.1, 0.15) is 17.5 Å². The SMILES string of the molecule is O=C([O-])CC1S/C(=N/N=Cc2cc([N+](=O)[O-])ccc2OCc2ccccc2Cl)NC1=O.[Na+]. The summed E-state index contributed by atoms with van der Waals surface area (Å²) in [5.41, 5.74) is 0.845. The van der Waals surface area contributed by atoms with E-state index in [0.29, 0.717) is 10.8 Å². The van der Waals surface area contributed by atoms with Crippen molar-refractivity contribution in [2.24, 2.45) is 10.2 Å². The van der Waals surface area contributed by atoms with Gasteiger partial charge in [-0.2, -0.15) is 5.10 Å². The molecule has 1 aliphatic rings. The number of hydrogen-bond acceptors (Lipinski definition) is 9. The summed E-state index contributed by atoms with van der Waals surface area (Å²) in [5.74, 6) is -1.55. The van der Waals surface area contributed by atoms with Crippen LogP contribution in [0.3, 0.4) is 0 Å². The van der Waals surface area contributed by atoms with Crippen LogP contribution in [0.5, 0.6) is 5.75 Å². The number of halogens is 1. The maximum Gasteiger partial charge on any atom is 1.00 e. The Morgan fingerprint density at radius 2 is 2.06 bits per heavy atom. The van der Waals surface area contributed by atoms with Crippen molar-refractivity contribution in [1.29, 1.82) is 0 Å². The molecule has 1 heterocycles. The molecule has 1 aliphatic heterocycles. The van der Waals surface area contributed by atoms with Crippen molar-refractivity contribution >= 4 is 52.3 Å². The normalized spacial score (nSPS) is 16.6. The number of amidine groups is 1. The van der Waals surface area contributed by atoms with Crippen LogP contribution in [0.25, 0.3) is 0 Å². The first-order valence-corrected chi connectivity index (χ1v) is 10.0. The summed E-state index contributed by atoms with van der Waals surface area (Å²) in [5, 5.41) is 31.6. The van der Waals surface area contributed by atoms with E-state index in [4.69, 9.17) is 16.3 Å². The van der Waals surface area contributed by atoms with Gasteiger partial charge in [0, 0.05) is 40.7 Å². The van der Waals surface area contributed by atoms with E-state index in [1.165, 1.54) is 24.4 Å². The Morgan fingerprint density at radius 3 is 2.75 bits per heavy atom. The van der Waals surface area contributed by atoms with E-state index in [2.05, 4.69) is 15.5 Å². The van der Waals surface area contributed by atoms with Gasteiger partial charge in [-0.15, -0.1) is 5.10 Å². The van der Waals surface area contributed by atoms with Gasteiger partial charge in [-0.1, -0.05) is 41.6 Å². The van der Waals surface area contributed by atoms with Crippen LogP contribution in [0.15, 0.2) is 52.7 Å². The standard InChI is InChI=1S/C19H15ClN4O6S.Na/c20-14-4-2-1-3-11(14)10-30-15-6-5-13(24(28)29)7-12(15)9-21-23-19-22-18(27)16(31-19)8-17(25)26;/h1-7,9,16H,8,10H2,(H,25,26)(H,22,23,27);/q;+1/p-1. The fourth-order valence-corrected chi connectivity index (χ4v) is 3.63. The summed E-state index contributed by atoms with van der Waals surface area (Å²) in [6, 6.07) is 11.1. The number of nitro groups is 1. The van der Waals surface area contributed by atoms with Gasteiger partial charge in [-0.25, -0.2) is 0 Å². The van der Waals surface area contributed by atoms with Gasteiger partial charge in [-0.05, 0) is 12.1 Å². The van der Waals surface area contributed by atoms with Gasteiger partial charge in [-0.3, -0.25) is 14.9 Å². The minimum Gasteiger partial charge on any atom is -0.550 e. The first-order valence-electron chi connectivity index (χ1n) is 8.76. The predicted octanol–water partition coefficient (Wildman–Crippen LogP) is -1.11. The first-order chi connectivity index (χ1) is 14.8. The zero-order valence-electron chi connectivity index (χ0n) is 16.7. The molecule has 10 nitrogen and oxygen atoms in total. The molecule has 1 amide bonds. The molecule has 13 heteroatoms. The molecule has 0 radical (unpaired) electrons. The van der Waals surface area contributed by atoms with Crippen LogP contribution in [0.2, 0.25) is 5.02 Å². The van der Waals surface area contributed by atoms with Gasteiger partial charge in [0.15, 0.2) is 5.17 Å². The van der Waals surface area contributed by atoms with Crippen LogP contribution in [-0.2, 0) is 16.2 Å². The number of ether oxygens (including phenoxy) is 1. The summed E-state index contributed by atoms with van der Waals surface area (Å²) < 4.78 is 5.75.